The van der Waals surface area contributed by atoms with Gasteiger partial charge in [0.2, 0.25) is 0 Å². The molecule has 124 valence electrons. The third-order valence-electron chi connectivity index (χ3n) is 3.95. The molecule has 2 rings (SSSR count). The summed E-state index contributed by atoms with van der Waals surface area (Å²) in [6.07, 6.45) is -0.393. The van der Waals surface area contributed by atoms with Gasteiger partial charge in [-0.2, -0.15) is 8.42 Å². The zero-order valence-corrected chi connectivity index (χ0v) is 13.9. The van der Waals surface area contributed by atoms with Gasteiger partial charge in [0, 0.05) is 0 Å². The fraction of sp³-hybridized carbons (Fsp3) is 0.600. The summed E-state index contributed by atoms with van der Waals surface area (Å²) >= 11 is 0. The largest absolute Gasteiger partial charge is 0.341 e. The molecule has 0 bridgehead atoms. The van der Waals surface area contributed by atoms with Crippen LogP contribution < -0.4 is 5.14 Å². The van der Waals surface area contributed by atoms with Crippen LogP contribution in [-0.4, -0.2) is 26.4 Å². The van der Waals surface area contributed by atoms with Crippen LogP contribution in [-0.2, 0) is 24.0 Å². The highest BCUT2D eigenvalue weighted by molar-refractivity contribution is 7.84. The fourth-order valence-corrected chi connectivity index (χ4v) is 3.26. The maximum atomic E-state index is 11.2. The van der Waals surface area contributed by atoms with Crippen LogP contribution in [0.2, 0.25) is 0 Å². The molecule has 1 saturated heterocycles. The summed E-state index contributed by atoms with van der Waals surface area (Å²) in [4.78, 5) is 0. The van der Waals surface area contributed by atoms with E-state index >= 15 is 0 Å². The normalized spacial score (nSPS) is 26.0. The highest BCUT2D eigenvalue weighted by atomic mass is 32.2. The van der Waals surface area contributed by atoms with E-state index in [1.165, 1.54) is 0 Å². The zero-order valence-electron chi connectivity index (χ0n) is 13.1. The molecule has 0 aromatic heterocycles. The predicted molar refractivity (Wildman–Crippen MR) is 82.1 cm³/mol. The second-order valence-electron chi connectivity index (χ2n) is 5.44. The predicted octanol–water partition coefficient (Wildman–Crippen LogP) is 2.27. The SMILES string of the molecule is CCC1(CC)OC(c2ccccc2)C(C(C)OS(N)(=O)=O)O1. The fourth-order valence-electron chi connectivity index (χ4n) is 2.73. The van der Waals surface area contributed by atoms with Gasteiger partial charge in [0.1, 0.15) is 18.3 Å². The van der Waals surface area contributed by atoms with E-state index in [2.05, 4.69) is 0 Å². The topological polar surface area (TPSA) is 87.9 Å². The molecule has 0 saturated carbocycles. The molecule has 3 unspecified atom stereocenters. The minimum atomic E-state index is -4.05. The highest BCUT2D eigenvalue weighted by Crippen LogP contribution is 2.43. The van der Waals surface area contributed by atoms with Crippen molar-refractivity contribution in [2.75, 3.05) is 0 Å². The minimum absolute atomic E-state index is 0.405. The van der Waals surface area contributed by atoms with Gasteiger partial charge in [-0.3, -0.25) is 4.18 Å². The number of nitrogens with two attached hydrogens (primary N) is 1. The molecule has 2 N–H and O–H groups in total. The van der Waals surface area contributed by atoms with Gasteiger partial charge < -0.3 is 9.47 Å². The lowest BCUT2D eigenvalue weighted by molar-refractivity contribution is -0.184. The molecule has 7 heteroatoms. The van der Waals surface area contributed by atoms with Gasteiger partial charge >= 0.3 is 10.3 Å². The lowest BCUT2D eigenvalue weighted by Crippen LogP contribution is -2.36. The monoisotopic (exact) mass is 329 g/mol. The Labute approximate surface area is 131 Å². The molecule has 22 heavy (non-hydrogen) atoms. The molecular formula is C15H23NO5S. The molecular weight excluding hydrogens is 306 g/mol. The molecule has 1 aromatic carbocycles. The molecule has 0 spiro atoms. The Kier molecular flexibility index (Phi) is 5.24. The van der Waals surface area contributed by atoms with Crippen molar-refractivity contribution >= 4 is 10.3 Å². The molecule has 1 fully saturated rings. The molecule has 3 atom stereocenters. The van der Waals surface area contributed by atoms with E-state index < -0.39 is 34.4 Å². The Morgan fingerprint density at radius 2 is 1.82 bits per heavy atom. The lowest BCUT2D eigenvalue weighted by atomic mass is 10.0. The Morgan fingerprint density at radius 1 is 1.23 bits per heavy atom. The first-order chi connectivity index (χ1) is 10.3. The van der Waals surface area contributed by atoms with Crippen molar-refractivity contribution < 1.29 is 22.1 Å². The Morgan fingerprint density at radius 3 is 2.32 bits per heavy atom. The summed E-state index contributed by atoms with van der Waals surface area (Å²) in [5.41, 5.74) is 0.918. The van der Waals surface area contributed by atoms with Gasteiger partial charge in [-0.1, -0.05) is 44.2 Å². The van der Waals surface area contributed by atoms with Crippen molar-refractivity contribution in [1.29, 1.82) is 0 Å². The van der Waals surface area contributed by atoms with E-state index in [-0.39, 0.29) is 0 Å². The van der Waals surface area contributed by atoms with Crippen LogP contribution >= 0.6 is 0 Å². The third-order valence-corrected chi connectivity index (χ3v) is 4.52. The molecule has 6 nitrogen and oxygen atoms in total. The summed E-state index contributed by atoms with van der Waals surface area (Å²) in [6, 6.07) is 9.56. The molecule has 0 radical (unpaired) electrons. The smallest absolute Gasteiger partial charge is 0.333 e. The van der Waals surface area contributed by atoms with Crippen molar-refractivity contribution in [3.05, 3.63) is 35.9 Å². The highest BCUT2D eigenvalue weighted by Gasteiger charge is 2.49. The number of hydrogen-bond donors (Lipinski definition) is 1. The van der Waals surface area contributed by atoms with E-state index in [1.54, 1.807) is 6.92 Å². The van der Waals surface area contributed by atoms with Crippen molar-refractivity contribution in [1.82, 2.24) is 0 Å². The summed E-state index contributed by atoms with van der Waals surface area (Å²) in [6.45, 7) is 5.56. The maximum Gasteiger partial charge on any atom is 0.333 e. The minimum Gasteiger partial charge on any atom is -0.341 e. The molecule has 0 aliphatic carbocycles. The average molecular weight is 329 g/mol. The quantitative estimate of drug-likeness (QED) is 0.865. The summed E-state index contributed by atoms with van der Waals surface area (Å²) in [7, 11) is -4.05. The first-order valence-electron chi connectivity index (χ1n) is 7.42. The van der Waals surface area contributed by atoms with Crippen LogP contribution in [0.25, 0.3) is 0 Å². The van der Waals surface area contributed by atoms with E-state index in [0.29, 0.717) is 12.8 Å². The molecule has 1 aliphatic heterocycles. The van der Waals surface area contributed by atoms with Crippen LogP contribution in [0, 0.1) is 0 Å². The first-order valence-corrected chi connectivity index (χ1v) is 8.89. The molecule has 0 amide bonds. The van der Waals surface area contributed by atoms with Crippen molar-refractivity contribution in [3.8, 4) is 0 Å². The zero-order chi connectivity index (χ0) is 16.4. The summed E-state index contributed by atoms with van der Waals surface area (Å²) < 4.78 is 39.5. The van der Waals surface area contributed by atoms with Crippen LogP contribution in [0.1, 0.15) is 45.3 Å². The van der Waals surface area contributed by atoms with Gasteiger partial charge in [-0.05, 0) is 25.3 Å². The number of rotatable bonds is 6. The Hall–Kier alpha value is -0.990. The van der Waals surface area contributed by atoms with Gasteiger partial charge in [0.05, 0.1) is 0 Å². The second kappa shape index (κ2) is 6.64. The van der Waals surface area contributed by atoms with E-state index in [1.807, 2.05) is 44.2 Å². The third kappa shape index (κ3) is 3.85. The molecule has 1 heterocycles. The van der Waals surface area contributed by atoms with Crippen molar-refractivity contribution in [2.24, 2.45) is 5.14 Å². The number of ether oxygens (including phenoxy) is 2. The van der Waals surface area contributed by atoms with E-state index in [4.69, 9.17) is 18.8 Å². The van der Waals surface area contributed by atoms with Crippen LogP contribution in [0.15, 0.2) is 30.3 Å². The average Bonchev–Trinajstić information content (AvgIpc) is 2.87. The van der Waals surface area contributed by atoms with Crippen molar-refractivity contribution in [3.63, 3.8) is 0 Å². The lowest BCUT2D eigenvalue weighted by Gasteiger charge is -2.25. The second-order valence-corrected chi connectivity index (χ2v) is 6.62. The summed E-state index contributed by atoms with van der Waals surface area (Å²) in [5.74, 6) is -0.735. The number of benzene rings is 1. The molecule has 1 aromatic rings. The van der Waals surface area contributed by atoms with Gasteiger partial charge in [-0.25, -0.2) is 5.14 Å². The summed E-state index contributed by atoms with van der Waals surface area (Å²) in [5, 5.41) is 4.97. The van der Waals surface area contributed by atoms with Gasteiger partial charge in [-0.15, -0.1) is 0 Å². The van der Waals surface area contributed by atoms with Gasteiger partial charge in [0.25, 0.3) is 0 Å². The van der Waals surface area contributed by atoms with Crippen LogP contribution in [0.5, 0.6) is 0 Å². The van der Waals surface area contributed by atoms with Crippen LogP contribution in [0.4, 0.5) is 0 Å². The van der Waals surface area contributed by atoms with Gasteiger partial charge in [0.15, 0.2) is 5.79 Å². The molecule has 1 aliphatic rings. The maximum absolute atomic E-state index is 11.2. The van der Waals surface area contributed by atoms with Crippen molar-refractivity contribution in [2.45, 2.75) is 57.7 Å². The Bertz CT molecular complexity index is 585. The van der Waals surface area contributed by atoms with Crippen LogP contribution in [0.3, 0.4) is 0 Å². The van der Waals surface area contributed by atoms with E-state index in [9.17, 15) is 8.42 Å². The number of hydrogen-bond acceptors (Lipinski definition) is 5. The first kappa shape index (κ1) is 17.4. The van der Waals surface area contributed by atoms with E-state index in [0.717, 1.165) is 5.56 Å². The standard InChI is InChI=1S/C15H23NO5S/c1-4-15(5-2)19-13(11(3)21-22(16,17)18)14(20-15)12-9-7-6-8-10-12/h6-11,13-14H,4-5H2,1-3H3,(H2,16,17,18). The Balaban J connectivity index is 2.31.